The molecule has 2 fully saturated rings. The Bertz CT molecular complexity index is 1590. The summed E-state index contributed by atoms with van der Waals surface area (Å²) in [6.07, 6.45) is 4.88. The first kappa shape index (κ1) is 32.3. The van der Waals surface area contributed by atoms with Crippen LogP contribution >= 0.6 is 23.2 Å². The maximum Gasteiger partial charge on any atom is 0.247 e. The minimum atomic E-state index is -0.329. The average molecular weight is 655 g/mol. The molecule has 2 aliphatic rings. The van der Waals surface area contributed by atoms with Gasteiger partial charge in [-0.25, -0.2) is 9.97 Å². The third-order valence-electron chi connectivity index (χ3n) is 8.44. The molecule has 1 spiro atoms. The highest BCUT2D eigenvalue weighted by Gasteiger charge is 2.50. The first-order valence-corrected chi connectivity index (χ1v) is 15.4. The maximum absolute atomic E-state index is 13.4. The van der Waals surface area contributed by atoms with Gasteiger partial charge in [-0.05, 0) is 43.7 Å². The number of aromatic nitrogens is 2. The van der Waals surface area contributed by atoms with Gasteiger partial charge >= 0.3 is 0 Å². The van der Waals surface area contributed by atoms with Gasteiger partial charge in [-0.1, -0.05) is 36.7 Å². The van der Waals surface area contributed by atoms with Crippen molar-refractivity contribution in [2.75, 3.05) is 67.9 Å². The van der Waals surface area contributed by atoms with Crippen molar-refractivity contribution >= 4 is 63.7 Å². The zero-order valence-electron chi connectivity index (χ0n) is 25.8. The molecule has 1 saturated heterocycles. The van der Waals surface area contributed by atoms with E-state index in [1.165, 1.54) is 44.4 Å². The topological polar surface area (TPSA) is 112 Å². The number of nitrogens with one attached hydrogen (secondary N) is 2. The minimum absolute atomic E-state index is 0.124. The highest BCUT2D eigenvalue weighted by atomic mass is 35.5. The zero-order valence-corrected chi connectivity index (χ0v) is 27.3. The van der Waals surface area contributed by atoms with Gasteiger partial charge < -0.3 is 25.0 Å². The standard InChI is InChI=1S/C32H37Cl2N7O4/c1-6-28(42)38-23-14-20(40-12-13-41(7-2)32(18-40)10-11-32)8-9-22(23)37-26-17-27(36-19-35-26)39(3)29(43)15-21-30(33)24(44-4)16-25(45-5)31(21)34/h6,8-9,14,16-17,19H,1,7,10-13,15,18H2,2-5H3,(H,38,42)(H,35,36,37). The largest absolute Gasteiger partial charge is 0.495 e. The van der Waals surface area contributed by atoms with E-state index < -0.39 is 0 Å². The second-order valence-electron chi connectivity index (χ2n) is 11.1. The fourth-order valence-corrected chi connectivity index (χ4v) is 6.33. The molecule has 0 radical (unpaired) electrons. The van der Waals surface area contributed by atoms with E-state index in [1.54, 1.807) is 19.2 Å². The highest BCUT2D eigenvalue weighted by molar-refractivity contribution is 6.38. The predicted molar refractivity (Wildman–Crippen MR) is 179 cm³/mol. The smallest absolute Gasteiger partial charge is 0.247 e. The molecule has 2 heterocycles. The average Bonchev–Trinajstić information content (AvgIpc) is 3.82. The third kappa shape index (κ3) is 6.80. The minimum Gasteiger partial charge on any atom is -0.495 e. The van der Waals surface area contributed by atoms with Gasteiger partial charge in [0.25, 0.3) is 0 Å². The molecular formula is C32H37Cl2N7O4. The number of amides is 2. The number of carbonyl (C=O) groups is 2. The molecule has 0 unspecified atom stereocenters. The number of methoxy groups -OCH3 is 2. The van der Waals surface area contributed by atoms with Gasteiger partial charge in [-0.2, -0.15) is 0 Å². The van der Waals surface area contributed by atoms with Gasteiger partial charge in [-0.15, -0.1) is 0 Å². The van der Waals surface area contributed by atoms with E-state index in [0.29, 0.717) is 40.1 Å². The molecule has 0 bridgehead atoms. The molecule has 3 aromatic rings. The van der Waals surface area contributed by atoms with Gasteiger partial charge in [0.1, 0.15) is 29.5 Å². The first-order valence-electron chi connectivity index (χ1n) is 14.6. The molecule has 0 atom stereocenters. The Hall–Kier alpha value is -4.06. The molecule has 45 heavy (non-hydrogen) atoms. The number of rotatable bonds is 11. The zero-order chi connectivity index (χ0) is 32.3. The van der Waals surface area contributed by atoms with E-state index in [9.17, 15) is 9.59 Å². The van der Waals surface area contributed by atoms with Gasteiger partial charge in [0.05, 0.1) is 42.1 Å². The maximum atomic E-state index is 13.4. The molecule has 5 rings (SSSR count). The lowest BCUT2D eigenvalue weighted by Crippen LogP contribution is -2.54. The summed E-state index contributed by atoms with van der Waals surface area (Å²) in [6, 6.07) is 9.13. The highest BCUT2D eigenvalue weighted by Crippen LogP contribution is 2.45. The van der Waals surface area contributed by atoms with Crippen LogP contribution in [0.4, 0.5) is 28.7 Å². The van der Waals surface area contributed by atoms with Crippen LogP contribution in [-0.4, -0.2) is 79.7 Å². The quantitative estimate of drug-likeness (QED) is 0.257. The van der Waals surface area contributed by atoms with Crippen molar-refractivity contribution in [3.8, 4) is 11.5 Å². The fourth-order valence-electron chi connectivity index (χ4n) is 5.70. The van der Waals surface area contributed by atoms with Crippen molar-refractivity contribution in [1.82, 2.24) is 14.9 Å². The van der Waals surface area contributed by atoms with Crippen LogP contribution in [0.1, 0.15) is 25.3 Å². The number of hydrogen-bond donors (Lipinski definition) is 2. The number of likely N-dealkylation sites (N-methyl/N-ethyl adjacent to an activating group) is 2. The molecular weight excluding hydrogens is 617 g/mol. The Morgan fingerprint density at radius 1 is 1.07 bits per heavy atom. The number of halogens is 2. The van der Waals surface area contributed by atoms with Gasteiger partial charge in [0.15, 0.2) is 0 Å². The monoisotopic (exact) mass is 653 g/mol. The van der Waals surface area contributed by atoms with E-state index in [0.717, 1.165) is 31.9 Å². The van der Waals surface area contributed by atoms with Crippen LogP contribution in [0.15, 0.2) is 49.3 Å². The SMILES string of the molecule is C=CC(=O)Nc1cc(N2CCN(CC)C3(CC3)C2)ccc1Nc1cc(N(C)C(=O)Cc2c(Cl)c(OC)cc(OC)c2Cl)ncn1. The van der Waals surface area contributed by atoms with Crippen molar-refractivity contribution in [3.05, 3.63) is 64.9 Å². The summed E-state index contributed by atoms with van der Waals surface area (Å²) in [5.74, 6) is 0.809. The molecule has 2 amide bonds. The van der Waals surface area contributed by atoms with Gasteiger partial charge in [-0.3, -0.25) is 19.4 Å². The molecule has 1 aliphatic heterocycles. The molecule has 2 aromatic carbocycles. The summed E-state index contributed by atoms with van der Waals surface area (Å²) >= 11 is 13.0. The van der Waals surface area contributed by atoms with Crippen LogP contribution in [0, 0.1) is 0 Å². The lowest BCUT2D eigenvalue weighted by Gasteiger charge is -2.43. The number of nitrogens with zero attached hydrogens (tertiary/aromatic N) is 5. The number of ether oxygens (including phenoxy) is 2. The molecule has 2 N–H and O–H groups in total. The van der Waals surface area contributed by atoms with Crippen molar-refractivity contribution in [2.45, 2.75) is 31.7 Å². The Labute approximate surface area is 273 Å². The van der Waals surface area contributed by atoms with E-state index in [1.807, 2.05) is 18.2 Å². The van der Waals surface area contributed by atoms with Gasteiger partial charge in [0, 0.05) is 55.6 Å². The molecule has 1 aromatic heterocycles. The first-order chi connectivity index (χ1) is 21.6. The summed E-state index contributed by atoms with van der Waals surface area (Å²) < 4.78 is 10.6. The number of carbonyl (C=O) groups excluding carboxylic acids is 2. The summed E-state index contributed by atoms with van der Waals surface area (Å²) in [5.41, 5.74) is 2.88. The van der Waals surface area contributed by atoms with Gasteiger partial charge in [0.2, 0.25) is 11.8 Å². The van der Waals surface area contributed by atoms with Crippen LogP contribution in [-0.2, 0) is 16.0 Å². The number of piperazine rings is 1. The molecule has 13 heteroatoms. The number of anilines is 5. The van der Waals surface area contributed by atoms with Crippen LogP contribution < -0.4 is 29.9 Å². The lowest BCUT2D eigenvalue weighted by atomic mass is 10.1. The van der Waals surface area contributed by atoms with E-state index in [-0.39, 0.29) is 33.8 Å². The van der Waals surface area contributed by atoms with E-state index in [4.69, 9.17) is 32.7 Å². The Morgan fingerprint density at radius 3 is 2.40 bits per heavy atom. The van der Waals surface area contributed by atoms with Crippen LogP contribution in [0.2, 0.25) is 10.0 Å². The second kappa shape index (κ2) is 13.5. The van der Waals surface area contributed by atoms with Crippen molar-refractivity contribution < 1.29 is 19.1 Å². The summed E-state index contributed by atoms with van der Waals surface area (Å²) in [7, 11) is 4.55. The molecule has 1 aliphatic carbocycles. The van der Waals surface area contributed by atoms with Crippen molar-refractivity contribution in [3.63, 3.8) is 0 Å². The third-order valence-corrected chi connectivity index (χ3v) is 9.27. The molecule has 11 nitrogen and oxygen atoms in total. The normalized spacial score (nSPS) is 15.4. The van der Waals surface area contributed by atoms with Crippen LogP contribution in [0.25, 0.3) is 0 Å². The summed E-state index contributed by atoms with van der Waals surface area (Å²) in [6.45, 7) is 9.74. The summed E-state index contributed by atoms with van der Waals surface area (Å²) in [5, 5.41) is 6.65. The number of benzene rings is 2. The van der Waals surface area contributed by atoms with Crippen molar-refractivity contribution in [2.24, 2.45) is 0 Å². The Morgan fingerprint density at radius 2 is 1.78 bits per heavy atom. The fraction of sp³-hybridized carbons (Fsp3) is 0.375. The molecule has 1 saturated carbocycles. The predicted octanol–water partition coefficient (Wildman–Crippen LogP) is 5.55. The number of hydrogen-bond acceptors (Lipinski definition) is 9. The van der Waals surface area contributed by atoms with E-state index >= 15 is 0 Å². The summed E-state index contributed by atoms with van der Waals surface area (Å²) in [4.78, 5) is 40.7. The second-order valence-corrected chi connectivity index (χ2v) is 11.8. The van der Waals surface area contributed by atoms with Crippen LogP contribution in [0.3, 0.4) is 0 Å². The lowest BCUT2D eigenvalue weighted by molar-refractivity contribution is -0.117. The molecule has 238 valence electrons. The van der Waals surface area contributed by atoms with E-state index in [2.05, 4.69) is 43.9 Å². The Balaban J connectivity index is 1.36. The van der Waals surface area contributed by atoms with Crippen molar-refractivity contribution in [1.29, 1.82) is 0 Å². The Kier molecular flexibility index (Phi) is 9.71. The van der Waals surface area contributed by atoms with Crippen LogP contribution in [0.5, 0.6) is 11.5 Å².